The van der Waals surface area contributed by atoms with Crippen LogP contribution in [0.25, 0.3) is 28.2 Å². The fourth-order valence-corrected chi connectivity index (χ4v) is 4.07. The second-order valence-electron chi connectivity index (χ2n) is 8.17. The lowest BCUT2D eigenvalue weighted by molar-refractivity contribution is 0.0913. The van der Waals surface area contributed by atoms with Crippen LogP contribution in [0, 0.1) is 5.82 Å². The van der Waals surface area contributed by atoms with E-state index in [1.807, 2.05) is 48.5 Å². The number of halogens is 1. The standard InChI is InChI=1S/C28H23FN4O3/c1-36-26-15-20(9-12-22(26)28(35)31-24(17-34)18-5-3-2-4-6-18)25-13-14-30-27-16-23(32-33(25)27)19-7-10-21(29)11-8-19/h2-16,24,34H,17H2,1H3,(H,31,35)/t24-/m1/s1. The molecule has 0 radical (unpaired) electrons. The van der Waals surface area contributed by atoms with Gasteiger partial charge in [-0.15, -0.1) is 0 Å². The lowest BCUT2D eigenvalue weighted by Crippen LogP contribution is -2.31. The van der Waals surface area contributed by atoms with Gasteiger partial charge in [0.2, 0.25) is 0 Å². The predicted molar refractivity (Wildman–Crippen MR) is 134 cm³/mol. The van der Waals surface area contributed by atoms with Gasteiger partial charge in [0.15, 0.2) is 5.65 Å². The van der Waals surface area contributed by atoms with Crippen LogP contribution in [0.5, 0.6) is 5.75 Å². The van der Waals surface area contributed by atoms with Gasteiger partial charge in [-0.05, 0) is 48.0 Å². The summed E-state index contributed by atoms with van der Waals surface area (Å²) in [7, 11) is 1.50. The molecule has 1 atom stereocenters. The van der Waals surface area contributed by atoms with Gasteiger partial charge in [-0.3, -0.25) is 4.79 Å². The maximum absolute atomic E-state index is 13.3. The van der Waals surface area contributed by atoms with Gasteiger partial charge < -0.3 is 15.2 Å². The molecule has 7 nitrogen and oxygen atoms in total. The van der Waals surface area contributed by atoms with E-state index in [-0.39, 0.29) is 18.3 Å². The van der Waals surface area contributed by atoms with Crippen LogP contribution in [0.1, 0.15) is 22.0 Å². The number of ether oxygens (including phenoxy) is 1. The van der Waals surface area contributed by atoms with Crippen molar-refractivity contribution in [2.24, 2.45) is 0 Å². The number of amides is 1. The molecule has 0 spiro atoms. The van der Waals surface area contributed by atoms with Crippen LogP contribution in [0.3, 0.4) is 0 Å². The fourth-order valence-electron chi connectivity index (χ4n) is 4.07. The Kier molecular flexibility index (Phi) is 6.42. The van der Waals surface area contributed by atoms with Crippen molar-refractivity contribution in [1.82, 2.24) is 19.9 Å². The number of benzene rings is 3. The van der Waals surface area contributed by atoms with Crippen molar-refractivity contribution in [2.75, 3.05) is 13.7 Å². The molecular formula is C28H23FN4O3. The number of nitrogens with zero attached hydrogens (tertiary/aromatic N) is 3. The molecule has 0 fully saturated rings. The first-order valence-corrected chi connectivity index (χ1v) is 11.3. The molecule has 180 valence electrons. The number of aromatic nitrogens is 3. The zero-order chi connectivity index (χ0) is 25.1. The van der Waals surface area contributed by atoms with Gasteiger partial charge in [0.05, 0.1) is 36.7 Å². The van der Waals surface area contributed by atoms with Gasteiger partial charge in [0.25, 0.3) is 5.91 Å². The van der Waals surface area contributed by atoms with E-state index in [4.69, 9.17) is 4.74 Å². The Labute approximate surface area is 206 Å². The number of carbonyl (C=O) groups excluding carboxylic acids is 1. The largest absolute Gasteiger partial charge is 0.496 e. The number of carbonyl (C=O) groups is 1. The van der Waals surface area contributed by atoms with Crippen molar-refractivity contribution in [2.45, 2.75) is 6.04 Å². The number of hydrogen-bond donors (Lipinski definition) is 2. The van der Waals surface area contributed by atoms with Crippen LogP contribution in [0.15, 0.2) is 91.1 Å². The van der Waals surface area contributed by atoms with Gasteiger partial charge in [0.1, 0.15) is 11.6 Å². The normalized spacial score (nSPS) is 11.9. The third-order valence-electron chi connectivity index (χ3n) is 5.93. The Balaban J connectivity index is 1.47. The Morgan fingerprint density at radius 1 is 1.03 bits per heavy atom. The first-order chi connectivity index (χ1) is 17.6. The molecule has 2 heterocycles. The fraction of sp³-hybridized carbons (Fsp3) is 0.107. The summed E-state index contributed by atoms with van der Waals surface area (Å²) in [6.45, 7) is -0.235. The molecule has 5 rings (SSSR count). The summed E-state index contributed by atoms with van der Waals surface area (Å²) in [5.41, 5.74) is 4.72. The van der Waals surface area contributed by atoms with Crippen molar-refractivity contribution >= 4 is 11.6 Å². The van der Waals surface area contributed by atoms with Crippen LogP contribution >= 0.6 is 0 Å². The second kappa shape index (κ2) is 9.97. The van der Waals surface area contributed by atoms with Crippen molar-refractivity contribution in [3.63, 3.8) is 0 Å². The SMILES string of the molecule is COc1cc(-c2ccnc3cc(-c4ccc(F)cc4)nn23)ccc1C(=O)N[C@H](CO)c1ccccc1. The predicted octanol–water partition coefficient (Wildman–Crippen LogP) is 4.67. The molecule has 0 saturated carbocycles. The van der Waals surface area contributed by atoms with Gasteiger partial charge in [-0.1, -0.05) is 36.4 Å². The van der Waals surface area contributed by atoms with Crippen LogP contribution in [0.4, 0.5) is 4.39 Å². The lowest BCUT2D eigenvalue weighted by Gasteiger charge is -2.18. The maximum atomic E-state index is 13.3. The zero-order valence-electron chi connectivity index (χ0n) is 19.4. The molecule has 8 heteroatoms. The minimum absolute atomic E-state index is 0.235. The van der Waals surface area contributed by atoms with Crippen LogP contribution in [-0.2, 0) is 0 Å². The minimum atomic E-state index is -0.545. The summed E-state index contributed by atoms with van der Waals surface area (Å²) in [5.74, 6) is -0.295. The molecule has 0 aliphatic heterocycles. The first-order valence-electron chi connectivity index (χ1n) is 11.3. The third-order valence-corrected chi connectivity index (χ3v) is 5.93. The highest BCUT2D eigenvalue weighted by atomic mass is 19.1. The summed E-state index contributed by atoms with van der Waals surface area (Å²) < 4.78 is 20.6. The van der Waals surface area contributed by atoms with E-state index in [9.17, 15) is 14.3 Å². The van der Waals surface area contributed by atoms with Gasteiger partial charge >= 0.3 is 0 Å². The summed E-state index contributed by atoms with van der Waals surface area (Å²) >= 11 is 0. The molecule has 0 bridgehead atoms. The molecule has 3 aromatic carbocycles. The van der Waals surface area contributed by atoms with Crippen molar-refractivity contribution < 1.29 is 19.0 Å². The van der Waals surface area contributed by atoms with E-state index >= 15 is 0 Å². The molecule has 0 unspecified atom stereocenters. The molecular weight excluding hydrogens is 459 g/mol. The molecule has 36 heavy (non-hydrogen) atoms. The molecule has 0 aliphatic rings. The number of nitrogens with one attached hydrogen (secondary N) is 1. The molecule has 5 aromatic rings. The van der Waals surface area contributed by atoms with E-state index in [0.29, 0.717) is 22.7 Å². The number of hydrogen-bond acceptors (Lipinski definition) is 5. The van der Waals surface area contributed by atoms with Crippen molar-refractivity contribution in [1.29, 1.82) is 0 Å². The number of methoxy groups -OCH3 is 1. The van der Waals surface area contributed by atoms with Crippen molar-refractivity contribution in [3.05, 3.63) is 108 Å². The minimum Gasteiger partial charge on any atom is -0.496 e. The summed E-state index contributed by atoms with van der Waals surface area (Å²) in [6.07, 6.45) is 1.68. The zero-order valence-corrected chi connectivity index (χ0v) is 19.4. The van der Waals surface area contributed by atoms with E-state index in [0.717, 1.165) is 22.4 Å². The average molecular weight is 483 g/mol. The van der Waals surface area contributed by atoms with E-state index < -0.39 is 6.04 Å². The molecule has 0 saturated heterocycles. The lowest BCUT2D eigenvalue weighted by atomic mass is 10.0. The number of fused-ring (bicyclic) bond motifs is 1. The first kappa shape index (κ1) is 23.2. The number of aliphatic hydroxyl groups excluding tert-OH is 1. The smallest absolute Gasteiger partial charge is 0.255 e. The van der Waals surface area contributed by atoms with E-state index in [1.165, 1.54) is 19.2 Å². The van der Waals surface area contributed by atoms with E-state index in [1.54, 1.807) is 35.0 Å². The molecule has 2 N–H and O–H groups in total. The highest BCUT2D eigenvalue weighted by molar-refractivity contribution is 5.98. The summed E-state index contributed by atoms with van der Waals surface area (Å²) in [5, 5.41) is 17.3. The number of aliphatic hydroxyl groups is 1. The quantitative estimate of drug-likeness (QED) is 0.352. The maximum Gasteiger partial charge on any atom is 0.255 e. The monoisotopic (exact) mass is 482 g/mol. The average Bonchev–Trinajstić information content (AvgIpc) is 3.36. The molecule has 1 amide bonds. The Morgan fingerprint density at radius 2 is 1.78 bits per heavy atom. The van der Waals surface area contributed by atoms with Crippen molar-refractivity contribution in [3.8, 4) is 28.3 Å². The van der Waals surface area contributed by atoms with Crippen LogP contribution < -0.4 is 10.1 Å². The Hall–Kier alpha value is -4.56. The third kappa shape index (κ3) is 4.54. The Morgan fingerprint density at radius 3 is 2.50 bits per heavy atom. The molecule has 2 aromatic heterocycles. The van der Waals surface area contributed by atoms with Gasteiger partial charge in [-0.2, -0.15) is 5.10 Å². The molecule has 0 aliphatic carbocycles. The Bertz CT molecular complexity index is 1520. The highest BCUT2D eigenvalue weighted by Gasteiger charge is 2.19. The second-order valence-corrected chi connectivity index (χ2v) is 8.17. The summed E-state index contributed by atoms with van der Waals surface area (Å²) in [6, 6.07) is 23.7. The summed E-state index contributed by atoms with van der Waals surface area (Å²) in [4.78, 5) is 17.5. The topological polar surface area (TPSA) is 88.8 Å². The number of rotatable bonds is 7. The van der Waals surface area contributed by atoms with Crippen LogP contribution in [-0.4, -0.2) is 39.3 Å². The van der Waals surface area contributed by atoms with E-state index in [2.05, 4.69) is 15.4 Å². The van der Waals surface area contributed by atoms with Gasteiger partial charge in [-0.25, -0.2) is 13.9 Å². The van der Waals surface area contributed by atoms with Crippen LogP contribution in [0.2, 0.25) is 0 Å². The highest BCUT2D eigenvalue weighted by Crippen LogP contribution is 2.29. The van der Waals surface area contributed by atoms with Gasteiger partial charge in [0, 0.05) is 23.4 Å².